The summed E-state index contributed by atoms with van der Waals surface area (Å²) in [6.45, 7) is 7.58. The molecule has 0 atom stereocenters. The molecule has 4 nitrogen and oxygen atoms in total. The Labute approximate surface area is 107 Å². The molecule has 2 N–H and O–H groups in total. The highest BCUT2D eigenvalue weighted by molar-refractivity contribution is 5.56. The third kappa shape index (κ3) is 2.64. The standard InChI is InChI=1S/C14H19N3O/c1-4-17-9-12(8-16-17)7-15-13-5-11(3)14(18)6-10(13)2/h5-6,8-9,15,18H,4,7H2,1-3H3. The molecule has 0 radical (unpaired) electrons. The lowest BCUT2D eigenvalue weighted by Crippen LogP contribution is -2.01. The lowest BCUT2D eigenvalue weighted by atomic mass is 10.1. The Hall–Kier alpha value is -1.97. The lowest BCUT2D eigenvalue weighted by Gasteiger charge is -2.10. The molecule has 0 saturated carbocycles. The fourth-order valence-electron chi connectivity index (χ4n) is 1.86. The van der Waals surface area contributed by atoms with Crippen LogP contribution in [-0.4, -0.2) is 14.9 Å². The zero-order valence-corrected chi connectivity index (χ0v) is 11.1. The summed E-state index contributed by atoms with van der Waals surface area (Å²) in [5, 5.41) is 17.2. The van der Waals surface area contributed by atoms with Gasteiger partial charge in [0.15, 0.2) is 0 Å². The van der Waals surface area contributed by atoms with E-state index in [-0.39, 0.29) is 0 Å². The van der Waals surface area contributed by atoms with Gasteiger partial charge in [-0.15, -0.1) is 0 Å². The van der Waals surface area contributed by atoms with Gasteiger partial charge in [0.1, 0.15) is 5.75 Å². The molecule has 0 aliphatic heterocycles. The number of aromatic nitrogens is 2. The molecule has 1 aromatic carbocycles. The Morgan fingerprint density at radius 1 is 1.28 bits per heavy atom. The molecule has 0 bridgehead atoms. The van der Waals surface area contributed by atoms with Crippen LogP contribution < -0.4 is 5.32 Å². The number of benzene rings is 1. The fourth-order valence-corrected chi connectivity index (χ4v) is 1.86. The van der Waals surface area contributed by atoms with Crippen LogP contribution in [0.5, 0.6) is 5.75 Å². The molecular formula is C14H19N3O. The van der Waals surface area contributed by atoms with E-state index in [1.54, 1.807) is 6.07 Å². The molecule has 18 heavy (non-hydrogen) atoms. The van der Waals surface area contributed by atoms with Gasteiger partial charge < -0.3 is 10.4 Å². The molecule has 0 unspecified atom stereocenters. The second kappa shape index (κ2) is 5.12. The van der Waals surface area contributed by atoms with Crippen molar-refractivity contribution in [2.75, 3.05) is 5.32 Å². The highest BCUT2D eigenvalue weighted by Crippen LogP contribution is 2.25. The Kier molecular flexibility index (Phi) is 3.55. The van der Waals surface area contributed by atoms with E-state index in [1.165, 1.54) is 0 Å². The maximum atomic E-state index is 9.60. The van der Waals surface area contributed by atoms with Crippen molar-refractivity contribution in [1.29, 1.82) is 0 Å². The van der Waals surface area contributed by atoms with Gasteiger partial charge in [0.25, 0.3) is 0 Å². The van der Waals surface area contributed by atoms with Crippen LogP contribution in [0.25, 0.3) is 0 Å². The van der Waals surface area contributed by atoms with Crippen molar-refractivity contribution in [2.45, 2.75) is 33.9 Å². The highest BCUT2D eigenvalue weighted by atomic mass is 16.3. The molecular weight excluding hydrogens is 226 g/mol. The maximum Gasteiger partial charge on any atom is 0.118 e. The van der Waals surface area contributed by atoms with Gasteiger partial charge in [-0.3, -0.25) is 4.68 Å². The average molecular weight is 245 g/mol. The molecule has 0 aliphatic carbocycles. The van der Waals surface area contributed by atoms with Gasteiger partial charge in [-0.05, 0) is 44.0 Å². The zero-order chi connectivity index (χ0) is 13.1. The van der Waals surface area contributed by atoms with Crippen molar-refractivity contribution in [1.82, 2.24) is 9.78 Å². The van der Waals surface area contributed by atoms with Crippen LogP contribution in [0.1, 0.15) is 23.6 Å². The first-order valence-corrected chi connectivity index (χ1v) is 6.15. The van der Waals surface area contributed by atoms with Crippen LogP contribution >= 0.6 is 0 Å². The SMILES string of the molecule is CCn1cc(CNc2cc(C)c(O)cc2C)cn1. The minimum atomic E-state index is 0.344. The summed E-state index contributed by atoms with van der Waals surface area (Å²) in [4.78, 5) is 0. The van der Waals surface area contributed by atoms with E-state index >= 15 is 0 Å². The lowest BCUT2D eigenvalue weighted by molar-refractivity contribution is 0.471. The topological polar surface area (TPSA) is 50.1 Å². The molecule has 2 rings (SSSR count). The predicted molar refractivity (Wildman–Crippen MR) is 72.8 cm³/mol. The number of aromatic hydroxyl groups is 1. The smallest absolute Gasteiger partial charge is 0.118 e. The Balaban J connectivity index is 2.08. The first-order chi connectivity index (χ1) is 8.60. The van der Waals surface area contributed by atoms with Crippen molar-refractivity contribution in [2.24, 2.45) is 0 Å². The van der Waals surface area contributed by atoms with E-state index in [9.17, 15) is 5.11 Å². The van der Waals surface area contributed by atoms with E-state index < -0.39 is 0 Å². The number of aryl methyl sites for hydroxylation is 3. The molecule has 0 saturated heterocycles. The van der Waals surface area contributed by atoms with Gasteiger partial charge in [-0.25, -0.2) is 0 Å². The van der Waals surface area contributed by atoms with E-state index in [0.717, 1.165) is 35.5 Å². The van der Waals surface area contributed by atoms with Crippen LogP contribution in [0.15, 0.2) is 24.5 Å². The molecule has 0 fully saturated rings. The Bertz CT molecular complexity index is 546. The number of nitrogens with zero attached hydrogens (tertiary/aromatic N) is 2. The Morgan fingerprint density at radius 3 is 2.72 bits per heavy atom. The average Bonchev–Trinajstić information content (AvgIpc) is 2.80. The normalized spacial score (nSPS) is 10.6. The van der Waals surface area contributed by atoms with E-state index in [4.69, 9.17) is 0 Å². The van der Waals surface area contributed by atoms with Gasteiger partial charge >= 0.3 is 0 Å². The van der Waals surface area contributed by atoms with E-state index in [0.29, 0.717) is 5.75 Å². The summed E-state index contributed by atoms with van der Waals surface area (Å²) < 4.78 is 1.91. The summed E-state index contributed by atoms with van der Waals surface area (Å²) in [7, 11) is 0. The summed E-state index contributed by atoms with van der Waals surface area (Å²) in [6.07, 6.45) is 3.91. The summed E-state index contributed by atoms with van der Waals surface area (Å²) in [5.41, 5.74) is 4.13. The number of phenols is 1. The largest absolute Gasteiger partial charge is 0.508 e. The summed E-state index contributed by atoms with van der Waals surface area (Å²) in [5.74, 6) is 0.344. The van der Waals surface area contributed by atoms with E-state index in [1.807, 2.05) is 37.0 Å². The quantitative estimate of drug-likeness (QED) is 0.814. The van der Waals surface area contributed by atoms with Crippen LogP contribution in [0, 0.1) is 13.8 Å². The highest BCUT2D eigenvalue weighted by Gasteiger charge is 2.04. The number of nitrogens with one attached hydrogen (secondary N) is 1. The first kappa shape index (κ1) is 12.5. The predicted octanol–water partition coefficient (Wildman–Crippen LogP) is 2.84. The van der Waals surface area contributed by atoms with Crippen molar-refractivity contribution in [3.05, 3.63) is 41.2 Å². The first-order valence-electron chi connectivity index (χ1n) is 6.15. The van der Waals surface area contributed by atoms with Gasteiger partial charge in [-0.2, -0.15) is 5.10 Å². The Morgan fingerprint density at radius 2 is 2.06 bits per heavy atom. The summed E-state index contributed by atoms with van der Waals surface area (Å²) >= 11 is 0. The maximum absolute atomic E-state index is 9.60. The van der Waals surface area contributed by atoms with Crippen molar-refractivity contribution >= 4 is 5.69 Å². The van der Waals surface area contributed by atoms with Crippen molar-refractivity contribution in [3.8, 4) is 5.75 Å². The second-order valence-electron chi connectivity index (χ2n) is 4.51. The van der Waals surface area contributed by atoms with Crippen LogP contribution in [0.3, 0.4) is 0 Å². The molecule has 2 aromatic rings. The number of anilines is 1. The number of hydrogen-bond donors (Lipinski definition) is 2. The zero-order valence-electron chi connectivity index (χ0n) is 11.1. The fraction of sp³-hybridized carbons (Fsp3) is 0.357. The van der Waals surface area contributed by atoms with Gasteiger partial charge in [0.2, 0.25) is 0 Å². The van der Waals surface area contributed by atoms with Crippen molar-refractivity contribution in [3.63, 3.8) is 0 Å². The van der Waals surface area contributed by atoms with E-state index in [2.05, 4.69) is 17.3 Å². The third-order valence-electron chi connectivity index (χ3n) is 3.04. The van der Waals surface area contributed by atoms with Gasteiger partial charge in [0.05, 0.1) is 6.20 Å². The van der Waals surface area contributed by atoms with Crippen LogP contribution in [0.4, 0.5) is 5.69 Å². The number of phenolic OH excluding ortho intramolecular Hbond substituents is 1. The number of hydrogen-bond acceptors (Lipinski definition) is 3. The van der Waals surface area contributed by atoms with Crippen LogP contribution in [0.2, 0.25) is 0 Å². The van der Waals surface area contributed by atoms with Crippen LogP contribution in [-0.2, 0) is 13.1 Å². The van der Waals surface area contributed by atoms with Gasteiger partial charge in [0, 0.05) is 30.5 Å². The molecule has 4 heteroatoms. The summed E-state index contributed by atoms with van der Waals surface area (Å²) in [6, 6.07) is 3.75. The van der Waals surface area contributed by atoms with Gasteiger partial charge in [-0.1, -0.05) is 0 Å². The van der Waals surface area contributed by atoms with Crippen molar-refractivity contribution < 1.29 is 5.11 Å². The minimum Gasteiger partial charge on any atom is -0.508 e. The molecule has 0 aliphatic rings. The molecule has 0 spiro atoms. The monoisotopic (exact) mass is 245 g/mol. The minimum absolute atomic E-state index is 0.344. The molecule has 96 valence electrons. The number of rotatable bonds is 4. The third-order valence-corrected chi connectivity index (χ3v) is 3.04. The second-order valence-corrected chi connectivity index (χ2v) is 4.51. The molecule has 1 aromatic heterocycles. The molecule has 0 amide bonds. The molecule has 1 heterocycles.